The van der Waals surface area contributed by atoms with E-state index in [1.165, 1.54) is 25.7 Å². The summed E-state index contributed by atoms with van der Waals surface area (Å²) < 4.78 is 0. The summed E-state index contributed by atoms with van der Waals surface area (Å²) in [6.07, 6.45) is 5.50. The molecule has 2 aliphatic rings. The molecule has 1 fully saturated rings. The summed E-state index contributed by atoms with van der Waals surface area (Å²) in [6.45, 7) is 8.48. The average Bonchev–Trinajstić information content (AvgIpc) is 3.41. The van der Waals surface area contributed by atoms with E-state index in [1.54, 1.807) is 0 Å². The molecular formula is C30H36N6O3. The number of fused-ring (bicyclic) bond motifs is 2. The molecule has 204 valence electrons. The van der Waals surface area contributed by atoms with Crippen molar-refractivity contribution in [2.75, 3.05) is 29.9 Å². The highest BCUT2D eigenvalue weighted by Crippen LogP contribution is 2.39. The Morgan fingerprint density at radius 1 is 1.21 bits per heavy atom. The number of anilines is 3. The molecule has 1 aliphatic heterocycles. The number of aliphatic carboxylic acids is 1. The van der Waals surface area contributed by atoms with E-state index in [9.17, 15) is 14.7 Å². The van der Waals surface area contributed by atoms with Crippen molar-refractivity contribution in [2.45, 2.75) is 58.0 Å². The van der Waals surface area contributed by atoms with Crippen molar-refractivity contribution < 1.29 is 9.90 Å². The normalized spacial score (nSPS) is 14.7. The van der Waals surface area contributed by atoms with E-state index in [0.29, 0.717) is 49.9 Å². The number of hydrogen-bond donors (Lipinski definition) is 3. The van der Waals surface area contributed by atoms with Crippen molar-refractivity contribution in [1.29, 1.82) is 0 Å². The second-order valence-corrected chi connectivity index (χ2v) is 10.5. The summed E-state index contributed by atoms with van der Waals surface area (Å²) in [5.74, 6) is -0.295. The third kappa shape index (κ3) is 6.37. The lowest BCUT2D eigenvalue weighted by atomic mass is 10.1. The molecule has 3 N–H and O–H groups in total. The van der Waals surface area contributed by atoms with Gasteiger partial charge in [-0.2, -0.15) is 0 Å². The second kappa shape index (κ2) is 11.8. The minimum absolute atomic E-state index is 0.122. The zero-order chi connectivity index (χ0) is 27.4. The molecule has 1 saturated carbocycles. The number of hydrogen-bond acceptors (Lipinski definition) is 7. The molecule has 0 atom stereocenters. The van der Waals surface area contributed by atoms with Gasteiger partial charge in [0, 0.05) is 37.8 Å². The standard InChI is InChI=1S/C30H36N6O3/c1-20-17-25-26(18-24(20)33-23-11-6-7-12-23)36(29-28(34-25)30(39)32-21(2)31-29)16-15-35(14-8-13-27(37)38)19-22-9-4-3-5-10-22/h3-5,9-10,17-18,23,33H,2,6-8,11-16,19H2,1H3,(H,32,39)(H,37,38). The molecule has 39 heavy (non-hydrogen) atoms. The Balaban J connectivity index is 1.47. The molecule has 5 rings (SSSR count). The first kappa shape index (κ1) is 26.6. The van der Waals surface area contributed by atoms with Gasteiger partial charge in [0.05, 0.1) is 11.4 Å². The zero-order valence-electron chi connectivity index (χ0n) is 22.4. The topological polar surface area (TPSA) is 114 Å². The maximum atomic E-state index is 12.9. The van der Waals surface area contributed by atoms with E-state index in [-0.39, 0.29) is 17.3 Å². The average molecular weight is 529 g/mol. The molecule has 0 saturated heterocycles. The van der Waals surface area contributed by atoms with Crippen LogP contribution in [0.4, 0.5) is 22.9 Å². The maximum absolute atomic E-state index is 12.9. The second-order valence-electron chi connectivity index (χ2n) is 10.5. The smallest absolute Gasteiger partial charge is 0.303 e. The van der Waals surface area contributed by atoms with E-state index in [1.807, 2.05) is 24.3 Å². The fourth-order valence-corrected chi connectivity index (χ4v) is 5.49. The van der Waals surface area contributed by atoms with Crippen molar-refractivity contribution in [3.8, 4) is 0 Å². The van der Waals surface area contributed by atoms with Gasteiger partial charge < -0.3 is 20.3 Å². The molecule has 1 aromatic heterocycles. The Hall–Kier alpha value is -3.98. The molecule has 3 aromatic rings. The van der Waals surface area contributed by atoms with Gasteiger partial charge in [0.25, 0.3) is 5.56 Å². The number of rotatable bonds is 11. The fourth-order valence-electron chi connectivity index (χ4n) is 5.49. The quantitative estimate of drug-likeness (QED) is 0.348. The summed E-state index contributed by atoms with van der Waals surface area (Å²) >= 11 is 0. The van der Waals surface area contributed by atoms with Crippen LogP contribution in [0.1, 0.15) is 49.7 Å². The van der Waals surface area contributed by atoms with Crippen LogP contribution in [0, 0.1) is 6.92 Å². The first-order valence-electron chi connectivity index (χ1n) is 13.7. The van der Waals surface area contributed by atoms with Crippen LogP contribution in [0.15, 0.2) is 52.3 Å². The fraction of sp³-hybridized carbons (Fsp3) is 0.400. The zero-order valence-corrected chi connectivity index (χ0v) is 22.4. The third-order valence-electron chi connectivity index (χ3n) is 7.49. The van der Waals surface area contributed by atoms with Gasteiger partial charge in [-0.05, 0) is 56.0 Å². The first-order chi connectivity index (χ1) is 18.9. The lowest BCUT2D eigenvalue weighted by Crippen LogP contribution is -2.44. The van der Waals surface area contributed by atoms with Crippen molar-refractivity contribution in [3.05, 3.63) is 74.8 Å². The van der Waals surface area contributed by atoms with Gasteiger partial charge in [-0.1, -0.05) is 49.8 Å². The minimum atomic E-state index is -0.792. The molecule has 9 nitrogen and oxygen atoms in total. The molecule has 2 aromatic carbocycles. The predicted octanol–water partition coefficient (Wildman–Crippen LogP) is 3.61. The van der Waals surface area contributed by atoms with Gasteiger partial charge in [0.15, 0.2) is 11.2 Å². The van der Waals surface area contributed by atoms with Crippen molar-refractivity contribution >= 4 is 35.4 Å². The predicted molar refractivity (Wildman–Crippen MR) is 153 cm³/mol. The van der Waals surface area contributed by atoms with E-state index in [4.69, 9.17) is 4.99 Å². The highest BCUT2D eigenvalue weighted by molar-refractivity contribution is 5.80. The number of carboxylic acid groups (broad SMARTS) is 1. The molecule has 0 radical (unpaired) electrons. The highest BCUT2D eigenvalue weighted by Gasteiger charge is 2.25. The van der Waals surface area contributed by atoms with Crippen LogP contribution in [0.3, 0.4) is 0 Å². The molecule has 9 heteroatoms. The number of nitrogens with zero attached hydrogens (tertiary/aromatic N) is 4. The van der Waals surface area contributed by atoms with Crippen LogP contribution < -0.4 is 26.6 Å². The number of H-pyrrole nitrogens is 1. The van der Waals surface area contributed by atoms with Crippen LogP contribution in [-0.4, -0.2) is 51.6 Å². The Labute approximate surface area is 227 Å². The Morgan fingerprint density at radius 2 is 1.97 bits per heavy atom. The van der Waals surface area contributed by atoms with Crippen LogP contribution in [0.25, 0.3) is 6.58 Å². The van der Waals surface area contributed by atoms with Crippen molar-refractivity contribution in [3.63, 3.8) is 0 Å². The van der Waals surface area contributed by atoms with E-state index < -0.39 is 5.97 Å². The lowest BCUT2D eigenvalue weighted by Gasteiger charge is -2.32. The number of aromatic nitrogens is 2. The van der Waals surface area contributed by atoms with E-state index >= 15 is 0 Å². The summed E-state index contributed by atoms with van der Waals surface area (Å²) in [4.78, 5) is 40.4. The number of nitrogens with one attached hydrogen (secondary N) is 2. The molecule has 0 spiro atoms. The van der Waals surface area contributed by atoms with Gasteiger partial charge in [0.2, 0.25) is 0 Å². The largest absolute Gasteiger partial charge is 0.481 e. The van der Waals surface area contributed by atoms with Crippen molar-refractivity contribution in [2.24, 2.45) is 4.99 Å². The van der Waals surface area contributed by atoms with Gasteiger partial charge in [-0.15, -0.1) is 0 Å². The SMILES string of the molecule is C=c1nc2c(c(=O)[nH]1)=Nc1cc(C)c(NC3CCCC3)cc1N2CCN(CCCC(=O)O)Cc1ccccc1. The molecule has 0 amide bonds. The Bertz CT molecular complexity index is 1500. The van der Waals surface area contributed by atoms with Gasteiger partial charge in [0.1, 0.15) is 5.48 Å². The molecule has 0 unspecified atom stereocenters. The maximum Gasteiger partial charge on any atom is 0.303 e. The number of carboxylic acids is 1. The molecular weight excluding hydrogens is 492 g/mol. The lowest BCUT2D eigenvalue weighted by molar-refractivity contribution is -0.137. The van der Waals surface area contributed by atoms with Crippen LogP contribution in [0.5, 0.6) is 0 Å². The summed E-state index contributed by atoms with van der Waals surface area (Å²) in [5.41, 5.74) is 4.95. The third-order valence-corrected chi connectivity index (χ3v) is 7.49. The highest BCUT2D eigenvalue weighted by atomic mass is 16.4. The monoisotopic (exact) mass is 528 g/mol. The van der Waals surface area contributed by atoms with Gasteiger partial charge in [-0.25, -0.2) is 9.98 Å². The first-order valence-corrected chi connectivity index (χ1v) is 13.7. The van der Waals surface area contributed by atoms with Crippen LogP contribution in [0.2, 0.25) is 0 Å². The van der Waals surface area contributed by atoms with Crippen molar-refractivity contribution in [1.82, 2.24) is 14.9 Å². The number of aromatic amines is 1. The number of aryl methyl sites for hydroxylation is 1. The summed E-state index contributed by atoms with van der Waals surface area (Å²) in [6, 6.07) is 14.8. The molecule has 2 heterocycles. The van der Waals surface area contributed by atoms with Crippen LogP contribution >= 0.6 is 0 Å². The molecule has 1 aliphatic carbocycles. The van der Waals surface area contributed by atoms with Gasteiger partial charge >= 0.3 is 5.97 Å². The number of benzene rings is 2. The van der Waals surface area contributed by atoms with E-state index in [2.05, 4.69) is 56.8 Å². The summed E-state index contributed by atoms with van der Waals surface area (Å²) in [7, 11) is 0. The van der Waals surface area contributed by atoms with Crippen LogP contribution in [-0.2, 0) is 11.3 Å². The minimum Gasteiger partial charge on any atom is -0.481 e. The summed E-state index contributed by atoms with van der Waals surface area (Å²) in [5, 5.41) is 13.2. The van der Waals surface area contributed by atoms with Gasteiger partial charge in [-0.3, -0.25) is 14.5 Å². The van der Waals surface area contributed by atoms with E-state index in [0.717, 1.165) is 28.2 Å². The Kier molecular flexibility index (Phi) is 8.07. The number of carbonyl (C=O) groups is 1. The molecule has 0 bridgehead atoms. The Morgan fingerprint density at radius 3 is 2.72 bits per heavy atom.